The van der Waals surface area contributed by atoms with Crippen molar-refractivity contribution in [3.63, 3.8) is 0 Å². The normalized spacial score (nSPS) is 18.8. The monoisotopic (exact) mass is 399 g/mol. The van der Waals surface area contributed by atoms with Gasteiger partial charge >= 0.3 is 0 Å². The smallest absolute Gasteiger partial charge is 0.275 e. The van der Waals surface area contributed by atoms with Crippen LogP contribution in [0.4, 0.5) is 0 Å². The zero-order valence-corrected chi connectivity index (χ0v) is 17.2. The Balaban J connectivity index is 1.36. The largest absolute Gasteiger partial charge is 0.368 e. The van der Waals surface area contributed by atoms with Crippen molar-refractivity contribution >= 4 is 5.78 Å². The quantitative estimate of drug-likeness (QED) is 0.672. The van der Waals surface area contributed by atoms with E-state index in [1.54, 1.807) is 17.2 Å². The molecule has 0 bridgehead atoms. The number of rotatable bonds is 4. The van der Waals surface area contributed by atoms with E-state index in [9.17, 15) is 4.79 Å². The van der Waals surface area contributed by atoms with Crippen molar-refractivity contribution in [2.75, 3.05) is 6.54 Å². The Morgan fingerprint density at radius 2 is 1.97 bits per heavy atom. The van der Waals surface area contributed by atoms with Crippen LogP contribution in [0.2, 0.25) is 0 Å². The summed E-state index contributed by atoms with van der Waals surface area (Å²) in [5.74, 6) is 1.98. The van der Waals surface area contributed by atoms with Crippen LogP contribution in [0, 0.1) is 5.92 Å². The zero-order valence-electron chi connectivity index (χ0n) is 17.2. The first-order valence-corrected chi connectivity index (χ1v) is 10.9. The van der Waals surface area contributed by atoms with Gasteiger partial charge in [0.1, 0.15) is 0 Å². The van der Waals surface area contributed by atoms with Gasteiger partial charge in [-0.15, -0.1) is 5.10 Å². The Kier molecular flexibility index (Phi) is 3.94. The number of aryl methyl sites for hydroxylation is 1. The molecular weight excluding hydrogens is 374 g/mol. The molecule has 0 spiro atoms. The van der Waals surface area contributed by atoms with Crippen LogP contribution in [0.25, 0.3) is 17.2 Å². The zero-order chi connectivity index (χ0) is 20.2. The summed E-state index contributed by atoms with van der Waals surface area (Å²) in [6.07, 6.45) is 8.57. The number of benzene rings is 1. The van der Waals surface area contributed by atoms with Gasteiger partial charge < -0.3 is 9.47 Å². The summed E-state index contributed by atoms with van der Waals surface area (Å²) in [7, 11) is 1.98. The van der Waals surface area contributed by atoms with Gasteiger partial charge in [0.2, 0.25) is 5.78 Å². The maximum absolute atomic E-state index is 12.8. The van der Waals surface area contributed by atoms with Gasteiger partial charge in [0.25, 0.3) is 5.56 Å². The number of aromatic nitrogens is 4. The number of nitrogens with zero attached hydrogens (tertiary/aromatic N) is 5. The van der Waals surface area contributed by atoms with Crippen molar-refractivity contribution in [1.29, 1.82) is 0 Å². The van der Waals surface area contributed by atoms with Gasteiger partial charge in [-0.25, -0.2) is 0 Å². The van der Waals surface area contributed by atoms with Crippen LogP contribution in [-0.4, -0.2) is 30.6 Å². The lowest BCUT2D eigenvalue weighted by Gasteiger charge is -2.26. The first-order valence-electron chi connectivity index (χ1n) is 10.9. The molecule has 3 heterocycles. The molecule has 2 aromatic heterocycles. The fourth-order valence-electron chi connectivity index (χ4n) is 4.96. The van der Waals surface area contributed by atoms with Crippen molar-refractivity contribution in [3.8, 4) is 11.4 Å². The van der Waals surface area contributed by atoms with E-state index in [2.05, 4.69) is 21.1 Å². The third kappa shape index (κ3) is 2.82. The molecule has 2 aliphatic carbocycles. The van der Waals surface area contributed by atoms with Gasteiger partial charge in [0.15, 0.2) is 5.82 Å². The summed E-state index contributed by atoms with van der Waals surface area (Å²) in [5.41, 5.74) is 6.48. The van der Waals surface area contributed by atoms with Crippen molar-refractivity contribution in [1.82, 2.24) is 24.1 Å². The summed E-state index contributed by atoms with van der Waals surface area (Å²) in [6.45, 7) is 1.78. The Hall–Kier alpha value is -3.15. The van der Waals surface area contributed by atoms with Gasteiger partial charge in [-0.3, -0.25) is 4.79 Å². The minimum absolute atomic E-state index is 0.122. The van der Waals surface area contributed by atoms with E-state index in [1.165, 1.54) is 23.1 Å². The van der Waals surface area contributed by atoms with Crippen molar-refractivity contribution in [3.05, 3.63) is 75.4 Å². The second-order valence-electron chi connectivity index (χ2n) is 8.62. The minimum atomic E-state index is -0.122. The van der Waals surface area contributed by atoms with E-state index in [0.29, 0.717) is 11.6 Å². The fraction of sp³-hybridized carbons (Fsp3) is 0.375. The summed E-state index contributed by atoms with van der Waals surface area (Å²) in [4.78, 5) is 20.0. The van der Waals surface area contributed by atoms with E-state index in [4.69, 9.17) is 0 Å². The second kappa shape index (κ2) is 6.69. The number of hydrogen-bond acceptors (Lipinski definition) is 4. The highest BCUT2D eigenvalue weighted by Gasteiger charge is 2.34. The lowest BCUT2D eigenvalue weighted by atomic mass is 9.92. The highest BCUT2D eigenvalue weighted by Crippen LogP contribution is 2.47. The van der Waals surface area contributed by atoms with Gasteiger partial charge in [-0.2, -0.15) is 9.50 Å². The van der Waals surface area contributed by atoms with Crippen LogP contribution in [0.15, 0.2) is 64.1 Å². The minimum Gasteiger partial charge on any atom is -0.368 e. The van der Waals surface area contributed by atoms with Crippen LogP contribution in [0.3, 0.4) is 0 Å². The molecule has 6 nitrogen and oxygen atoms in total. The molecule has 0 saturated heterocycles. The number of fused-ring (bicyclic) bond motifs is 1. The van der Waals surface area contributed by atoms with E-state index in [0.717, 1.165) is 49.5 Å². The van der Waals surface area contributed by atoms with E-state index in [1.807, 2.05) is 41.9 Å². The topological polar surface area (TPSA) is 55.4 Å². The maximum Gasteiger partial charge on any atom is 0.275 e. The van der Waals surface area contributed by atoms with Gasteiger partial charge in [0.05, 0.1) is 6.54 Å². The molecule has 1 aromatic carbocycles. The molecule has 6 heteroatoms. The third-order valence-electron chi connectivity index (χ3n) is 6.68. The SMILES string of the molecule is Cn1c(CN2CCC3=C2CCC=C3C2CC2)cc(=O)n2nc(-c3ccccc3)nc12. The third-order valence-corrected chi connectivity index (χ3v) is 6.68. The second-order valence-corrected chi connectivity index (χ2v) is 8.62. The average molecular weight is 399 g/mol. The van der Waals surface area contributed by atoms with Crippen molar-refractivity contribution < 1.29 is 0 Å². The van der Waals surface area contributed by atoms with Crippen molar-refractivity contribution in [2.45, 2.75) is 38.6 Å². The average Bonchev–Trinajstić information content (AvgIpc) is 3.38. The molecule has 3 aliphatic rings. The van der Waals surface area contributed by atoms with Crippen LogP contribution < -0.4 is 5.56 Å². The number of hydrogen-bond donors (Lipinski definition) is 0. The molecule has 1 fully saturated rings. The molecule has 0 amide bonds. The maximum atomic E-state index is 12.8. The molecule has 0 unspecified atom stereocenters. The van der Waals surface area contributed by atoms with Crippen LogP contribution >= 0.6 is 0 Å². The molecule has 0 radical (unpaired) electrons. The van der Waals surface area contributed by atoms with Gasteiger partial charge in [0, 0.05) is 36.6 Å². The van der Waals surface area contributed by atoms with Crippen LogP contribution in [0.5, 0.6) is 0 Å². The fourth-order valence-corrected chi connectivity index (χ4v) is 4.96. The molecular formula is C24H25N5O. The Bertz CT molecular complexity index is 1260. The predicted molar refractivity (Wildman–Crippen MR) is 116 cm³/mol. The molecule has 6 rings (SSSR count). The first kappa shape index (κ1) is 17.7. The highest BCUT2D eigenvalue weighted by atomic mass is 16.1. The van der Waals surface area contributed by atoms with Crippen LogP contribution in [0.1, 0.15) is 37.8 Å². The van der Waals surface area contributed by atoms with E-state index >= 15 is 0 Å². The Morgan fingerprint density at radius 1 is 1.13 bits per heavy atom. The standard InChI is InChI=1S/C24H25N5O/c1-27-18(15-28-13-12-20-19(16-10-11-16)8-5-9-21(20)28)14-22(30)29-24(27)25-23(26-29)17-6-3-2-4-7-17/h2-4,6-8,14,16H,5,9-13,15H2,1H3. The van der Waals surface area contributed by atoms with Crippen molar-refractivity contribution in [2.24, 2.45) is 13.0 Å². The molecule has 152 valence electrons. The molecule has 1 aliphatic heterocycles. The van der Waals surface area contributed by atoms with Gasteiger partial charge in [-0.05, 0) is 49.2 Å². The first-order chi connectivity index (χ1) is 14.7. The Labute approximate surface area is 175 Å². The van der Waals surface area contributed by atoms with E-state index < -0.39 is 0 Å². The summed E-state index contributed by atoms with van der Waals surface area (Å²) < 4.78 is 3.43. The summed E-state index contributed by atoms with van der Waals surface area (Å²) in [5, 5.41) is 4.46. The highest BCUT2D eigenvalue weighted by molar-refractivity contribution is 5.56. The van der Waals surface area contributed by atoms with E-state index in [-0.39, 0.29) is 5.56 Å². The predicted octanol–water partition coefficient (Wildman–Crippen LogP) is 3.69. The number of allylic oxidation sites excluding steroid dienone is 3. The Morgan fingerprint density at radius 3 is 2.77 bits per heavy atom. The summed E-state index contributed by atoms with van der Waals surface area (Å²) in [6, 6.07) is 11.5. The van der Waals surface area contributed by atoms with Crippen LogP contribution in [-0.2, 0) is 13.6 Å². The molecule has 30 heavy (non-hydrogen) atoms. The lowest BCUT2D eigenvalue weighted by Crippen LogP contribution is -2.26. The lowest BCUT2D eigenvalue weighted by molar-refractivity contribution is 0.347. The molecule has 0 atom stereocenters. The molecule has 1 saturated carbocycles. The summed E-state index contributed by atoms with van der Waals surface area (Å²) >= 11 is 0. The molecule has 0 N–H and O–H groups in total. The molecule has 3 aromatic rings. The van der Waals surface area contributed by atoms with Gasteiger partial charge in [-0.1, -0.05) is 36.4 Å².